The third kappa shape index (κ3) is 3.66. The molecule has 2 aromatic heterocycles. The molecule has 5 heteroatoms. The van der Waals surface area contributed by atoms with Crippen LogP contribution < -0.4 is 4.90 Å². The van der Waals surface area contributed by atoms with Gasteiger partial charge >= 0.3 is 0 Å². The third-order valence-corrected chi connectivity index (χ3v) is 5.73. The Morgan fingerprint density at radius 3 is 2.57 bits per heavy atom. The number of hydrogen-bond donors (Lipinski definition) is 0. The van der Waals surface area contributed by atoms with Crippen molar-refractivity contribution in [3.63, 3.8) is 0 Å². The molecular formula is C23H21N3OS. The number of amides is 1. The average molecular weight is 388 g/mol. The van der Waals surface area contributed by atoms with Crippen molar-refractivity contribution in [2.45, 2.75) is 27.3 Å². The Morgan fingerprint density at radius 2 is 1.82 bits per heavy atom. The van der Waals surface area contributed by atoms with E-state index < -0.39 is 0 Å². The summed E-state index contributed by atoms with van der Waals surface area (Å²) in [5.74, 6) is -0.0443. The lowest BCUT2D eigenvalue weighted by Gasteiger charge is -2.21. The number of aryl methyl sites for hydroxylation is 3. The first-order chi connectivity index (χ1) is 13.5. The molecule has 0 saturated carbocycles. The van der Waals surface area contributed by atoms with Crippen molar-refractivity contribution >= 4 is 32.6 Å². The Bertz CT molecular complexity index is 1150. The number of rotatable bonds is 4. The normalized spacial score (nSPS) is 11.0. The molecule has 0 aliphatic carbocycles. The van der Waals surface area contributed by atoms with Gasteiger partial charge in [-0.1, -0.05) is 41.2 Å². The van der Waals surface area contributed by atoms with E-state index in [2.05, 4.69) is 18.0 Å². The number of nitrogens with zero attached hydrogens (tertiary/aromatic N) is 3. The van der Waals surface area contributed by atoms with Crippen molar-refractivity contribution < 1.29 is 4.79 Å². The quantitative estimate of drug-likeness (QED) is 0.467. The predicted octanol–water partition coefficient (Wildman–Crippen LogP) is 5.46. The number of carbonyl (C=O) groups excluding carboxylic acids is 1. The minimum atomic E-state index is -0.0443. The first kappa shape index (κ1) is 18.3. The van der Waals surface area contributed by atoms with Crippen LogP contribution in [0.25, 0.3) is 10.2 Å². The first-order valence-corrected chi connectivity index (χ1v) is 9.98. The first-order valence-electron chi connectivity index (χ1n) is 9.16. The zero-order valence-electron chi connectivity index (χ0n) is 16.1. The number of hydrogen-bond acceptors (Lipinski definition) is 4. The van der Waals surface area contributed by atoms with Gasteiger partial charge in [0.15, 0.2) is 5.13 Å². The number of anilines is 1. The summed E-state index contributed by atoms with van der Waals surface area (Å²) >= 11 is 1.54. The van der Waals surface area contributed by atoms with E-state index in [-0.39, 0.29) is 5.91 Å². The highest BCUT2D eigenvalue weighted by atomic mass is 32.1. The van der Waals surface area contributed by atoms with Gasteiger partial charge < -0.3 is 0 Å². The van der Waals surface area contributed by atoms with E-state index >= 15 is 0 Å². The molecule has 2 heterocycles. The highest BCUT2D eigenvalue weighted by molar-refractivity contribution is 7.22. The fourth-order valence-electron chi connectivity index (χ4n) is 3.23. The molecule has 0 spiro atoms. The zero-order valence-corrected chi connectivity index (χ0v) is 17.0. The van der Waals surface area contributed by atoms with Gasteiger partial charge in [0.1, 0.15) is 0 Å². The van der Waals surface area contributed by atoms with Gasteiger partial charge in [-0.3, -0.25) is 14.7 Å². The van der Waals surface area contributed by atoms with Crippen LogP contribution in [0, 0.1) is 20.8 Å². The molecule has 0 atom stereocenters. The zero-order chi connectivity index (χ0) is 19.7. The third-order valence-electron chi connectivity index (χ3n) is 4.68. The molecule has 4 aromatic rings. The number of benzene rings is 2. The summed E-state index contributed by atoms with van der Waals surface area (Å²) < 4.78 is 1.08. The van der Waals surface area contributed by atoms with Crippen LogP contribution in [0.1, 0.15) is 32.6 Å². The van der Waals surface area contributed by atoms with Crippen molar-refractivity contribution in [3.8, 4) is 0 Å². The Morgan fingerprint density at radius 1 is 1.04 bits per heavy atom. The Labute approximate surface area is 168 Å². The highest BCUT2D eigenvalue weighted by Gasteiger charge is 2.23. The molecule has 0 bridgehead atoms. The second kappa shape index (κ2) is 7.52. The second-order valence-electron chi connectivity index (χ2n) is 7.04. The monoisotopic (exact) mass is 387 g/mol. The van der Waals surface area contributed by atoms with Gasteiger partial charge in [-0.2, -0.15) is 0 Å². The molecule has 0 saturated heterocycles. The van der Waals surface area contributed by atoms with E-state index in [9.17, 15) is 4.79 Å². The van der Waals surface area contributed by atoms with Crippen molar-refractivity contribution in [2.24, 2.45) is 0 Å². The van der Waals surface area contributed by atoms with Crippen molar-refractivity contribution in [3.05, 3.63) is 88.7 Å². The molecule has 4 nitrogen and oxygen atoms in total. The molecule has 0 aliphatic heterocycles. The minimum Gasteiger partial charge on any atom is -0.279 e. The fraction of sp³-hybridized carbons (Fsp3) is 0.174. The van der Waals surface area contributed by atoms with Crippen LogP contribution in [0.15, 0.2) is 60.9 Å². The molecular weight excluding hydrogens is 366 g/mol. The lowest BCUT2D eigenvalue weighted by Crippen LogP contribution is -2.31. The Kier molecular flexibility index (Phi) is 4.92. The van der Waals surface area contributed by atoms with E-state index in [1.807, 2.05) is 56.3 Å². The van der Waals surface area contributed by atoms with Gasteiger partial charge in [0.2, 0.25) is 0 Å². The summed E-state index contributed by atoms with van der Waals surface area (Å²) in [5, 5.41) is 0.703. The van der Waals surface area contributed by atoms with E-state index in [1.165, 1.54) is 5.56 Å². The standard InChI is InChI=1S/C23H21N3OS/c1-15-6-8-19(17(3)11-15)22(27)26(14-18-5-4-10-24-13-18)23-25-20-9-7-16(2)12-21(20)28-23/h4-13H,14H2,1-3H3. The topological polar surface area (TPSA) is 46.1 Å². The molecule has 0 unspecified atom stereocenters. The molecule has 4 rings (SSSR count). The summed E-state index contributed by atoms with van der Waals surface area (Å²) in [6.07, 6.45) is 3.53. The molecule has 0 N–H and O–H groups in total. The number of pyridine rings is 1. The SMILES string of the molecule is Cc1ccc(C(=O)N(Cc2cccnc2)c2nc3ccc(C)cc3s2)c(C)c1. The van der Waals surface area contributed by atoms with E-state index in [1.54, 1.807) is 28.6 Å². The second-order valence-corrected chi connectivity index (χ2v) is 8.05. The highest BCUT2D eigenvalue weighted by Crippen LogP contribution is 2.31. The van der Waals surface area contributed by atoms with E-state index in [0.29, 0.717) is 17.2 Å². The smallest absolute Gasteiger partial charge is 0.260 e. The minimum absolute atomic E-state index is 0.0443. The summed E-state index contributed by atoms with van der Waals surface area (Å²) in [6, 6.07) is 15.9. The van der Waals surface area contributed by atoms with Crippen LogP contribution in [0.5, 0.6) is 0 Å². The van der Waals surface area contributed by atoms with Gasteiger partial charge in [-0.25, -0.2) is 4.98 Å². The molecule has 0 fully saturated rings. The maximum absolute atomic E-state index is 13.5. The van der Waals surface area contributed by atoms with Gasteiger partial charge in [-0.15, -0.1) is 0 Å². The lowest BCUT2D eigenvalue weighted by atomic mass is 10.0. The van der Waals surface area contributed by atoms with Gasteiger partial charge in [-0.05, 0) is 61.7 Å². The molecule has 1 amide bonds. The van der Waals surface area contributed by atoms with Gasteiger partial charge in [0.05, 0.1) is 16.8 Å². The Hall–Kier alpha value is -3.05. The summed E-state index contributed by atoms with van der Waals surface area (Å²) in [7, 11) is 0. The number of carbonyl (C=O) groups is 1. The molecule has 0 radical (unpaired) electrons. The fourth-order valence-corrected chi connectivity index (χ4v) is 4.30. The molecule has 2 aromatic carbocycles. The molecule has 0 aliphatic rings. The van der Waals surface area contributed by atoms with Crippen LogP contribution in [0.4, 0.5) is 5.13 Å². The number of fused-ring (bicyclic) bond motifs is 1. The maximum atomic E-state index is 13.5. The summed E-state index contributed by atoms with van der Waals surface area (Å²) in [4.78, 5) is 24.2. The van der Waals surface area contributed by atoms with Crippen LogP contribution in [-0.4, -0.2) is 15.9 Å². The lowest BCUT2D eigenvalue weighted by molar-refractivity contribution is 0.0984. The molecule has 28 heavy (non-hydrogen) atoms. The predicted molar refractivity (Wildman–Crippen MR) is 115 cm³/mol. The van der Waals surface area contributed by atoms with Crippen molar-refractivity contribution in [2.75, 3.05) is 4.90 Å². The Balaban J connectivity index is 1.79. The number of aromatic nitrogens is 2. The van der Waals surface area contributed by atoms with Gasteiger partial charge in [0.25, 0.3) is 5.91 Å². The summed E-state index contributed by atoms with van der Waals surface area (Å²) in [6.45, 7) is 6.50. The number of thiazole rings is 1. The largest absolute Gasteiger partial charge is 0.279 e. The van der Waals surface area contributed by atoms with Crippen molar-refractivity contribution in [1.82, 2.24) is 9.97 Å². The van der Waals surface area contributed by atoms with E-state index in [4.69, 9.17) is 4.98 Å². The van der Waals surface area contributed by atoms with Crippen LogP contribution in [0.2, 0.25) is 0 Å². The van der Waals surface area contributed by atoms with Crippen LogP contribution in [0.3, 0.4) is 0 Å². The van der Waals surface area contributed by atoms with E-state index in [0.717, 1.165) is 26.9 Å². The van der Waals surface area contributed by atoms with Crippen LogP contribution in [-0.2, 0) is 6.54 Å². The average Bonchev–Trinajstić information content (AvgIpc) is 3.09. The summed E-state index contributed by atoms with van der Waals surface area (Å²) in [5.41, 5.74) is 5.87. The maximum Gasteiger partial charge on any atom is 0.260 e. The van der Waals surface area contributed by atoms with Crippen LogP contribution >= 0.6 is 11.3 Å². The van der Waals surface area contributed by atoms with Gasteiger partial charge in [0, 0.05) is 18.0 Å². The molecule has 140 valence electrons. The van der Waals surface area contributed by atoms with Crippen molar-refractivity contribution in [1.29, 1.82) is 0 Å².